The Kier molecular flexibility index (Phi) is 6.33. The molecule has 0 saturated carbocycles. The van der Waals surface area contributed by atoms with E-state index in [9.17, 15) is 14.7 Å². The summed E-state index contributed by atoms with van der Waals surface area (Å²) in [5.74, 6) is -1.85. The lowest BCUT2D eigenvalue weighted by molar-refractivity contribution is -0.0241. The number of fused-ring (bicyclic) bond motifs is 1. The number of pyridine rings is 1. The maximum atomic E-state index is 15.1. The highest BCUT2D eigenvalue weighted by Gasteiger charge is 2.29. The second-order valence-corrected chi connectivity index (χ2v) is 8.73. The molecular formula is C22H21FIN3O5. The molecule has 1 N–H and O–H groups in total. The maximum Gasteiger partial charge on any atom is 0.409 e. The molecule has 1 fully saturated rings. The number of carbonyl (C=O) groups is 2. The molecule has 1 aliphatic heterocycles. The van der Waals surface area contributed by atoms with Gasteiger partial charge in [0, 0.05) is 22.7 Å². The number of aromatic nitrogens is 2. The lowest BCUT2D eigenvalue weighted by Crippen LogP contribution is -2.46. The molecule has 0 radical (unpaired) electrons. The number of methoxy groups -OCH3 is 1. The minimum atomic E-state index is -1.20. The number of rotatable bonds is 4. The predicted molar refractivity (Wildman–Crippen MR) is 122 cm³/mol. The van der Waals surface area contributed by atoms with Crippen LogP contribution in [0.25, 0.3) is 16.9 Å². The van der Waals surface area contributed by atoms with Gasteiger partial charge in [-0.3, -0.25) is 0 Å². The number of hydrogen-bond acceptors (Lipinski definition) is 5. The third-order valence-electron chi connectivity index (χ3n) is 5.40. The van der Waals surface area contributed by atoms with Crippen LogP contribution in [0.2, 0.25) is 0 Å². The summed E-state index contributed by atoms with van der Waals surface area (Å²) < 4.78 is 28.2. The summed E-state index contributed by atoms with van der Waals surface area (Å²) in [4.78, 5) is 29.5. The van der Waals surface area contributed by atoms with E-state index < -0.39 is 17.9 Å². The fourth-order valence-electron chi connectivity index (χ4n) is 3.87. The van der Waals surface area contributed by atoms with Crippen LogP contribution in [0, 0.1) is 16.3 Å². The average Bonchev–Trinajstić information content (AvgIpc) is 3.09. The number of imidazole rings is 1. The maximum absolute atomic E-state index is 15.1. The fraction of sp³-hybridized carbons (Fsp3) is 0.318. The smallest absolute Gasteiger partial charge is 0.409 e. The quantitative estimate of drug-likeness (QED) is 0.495. The molecule has 0 unspecified atom stereocenters. The Labute approximate surface area is 197 Å². The zero-order chi connectivity index (χ0) is 23.0. The van der Waals surface area contributed by atoms with Crippen molar-refractivity contribution >= 4 is 40.3 Å². The molecule has 1 atom stereocenters. The topological polar surface area (TPSA) is 93.4 Å². The van der Waals surface area contributed by atoms with Crippen molar-refractivity contribution in [1.29, 1.82) is 0 Å². The predicted octanol–water partition coefficient (Wildman–Crippen LogP) is 3.76. The standard InChI is InChI=1S/C22H21FIN3O5/c1-12-3-4-27-17(10-14-11-26(5-6-32-14)22(30)31-2)20(25-18(27)7-12)19-15(23)8-13(21(28)29)9-16(19)24/h3-4,7-9,14H,5-6,10-11H2,1-2H3,(H,28,29)/t14-/m0/s1. The van der Waals surface area contributed by atoms with E-state index in [2.05, 4.69) is 4.98 Å². The van der Waals surface area contributed by atoms with E-state index in [1.807, 2.05) is 52.2 Å². The van der Waals surface area contributed by atoms with E-state index in [0.717, 1.165) is 17.3 Å². The molecule has 0 bridgehead atoms. The molecule has 0 aliphatic carbocycles. The first kappa shape index (κ1) is 22.5. The van der Waals surface area contributed by atoms with Gasteiger partial charge in [-0.25, -0.2) is 19.0 Å². The Morgan fingerprint density at radius 3 is 2.84 bits per heavy atom. The molecule has 168 valence electrons. The van der Waals surface area contributed by atoms with Crippen LogP contribution in [0.4, 0.5) is 9.18 Å². The first-order chi connectivity index (χ1) is 15.3. The Hall–Kier alpha value is -2.73. The highest BCUT2D eigenvalue weighted by Crippen LogP contribution is 2.33. The van der Waals surface area contributed by atoms with E-state index in [4.69, 9.17) is 9.47 Å². The summed E-state index contributed by atoms with van der Waals surface area (Å²) >= 11 is 1.93. The molecule has 1 amide bonds. The molecule has 0 spiro atoms. The van der Waals surface area contributed by atoms with Gasteiger partial charge in [0.2, 0.25) is 0 Å². The normalized spacial score (nSPS) is 16.4. The minimum absolute atomic E-state index is 0.124. The van der Waals surface area contributed by atoms with Crippen molar-refractivity contribution in [2.75, 3.05) is 26.8 Å². The molecule has 3 aromatic rings. The van der Waals surface area contributed by atoms with Gasteiger partial charge in [-0.05, 0) is 59.3 Å². The number of carboxylic acids is 1. The molecule has 1 aliphatic rings. The lowest BCUT2D eigenvalue weighted by Gasteiger charge is -2.32. The number of amides is 1. The third-order valence-corrected chi connectivity index (χ3v) is 6.25. The SMILES string of the molecule is COC(=O)N1CCO[C@@H](Cc2c(-c3c(F)cc(C(=O)O)cc3I)nc3cc(C)ccn23)C1. The number of nitrogens with zero attached hydrogens (tertiary/aromatic N) is 3. The Morgan fingerprint density at radius 1 is 1.38 bits per heavy atom. The third kappa shape index (κ3) is 4.29. The van der Waals surface area contributed by atoms with Crippen molar-refractivity contribution in [3.8, 4) is 11.3 Å². The molecule has 4 rings (SSSR count). The van der Waals surface area contributed by atoms with Crippen molar-refractivity contribution in [3.05, 3.63) is 56.7 Å². The van der Waals surface area contributed by atoms with Gasteiger partial charge in [0.15, 0.2) is 0 Å². The zero-order valence-corrected chi connectivity index (χ0v) is 19.6. The largest absolute Gasteiger partial charge is 0.478 e. The van der Waals surface area contributed by atoms with Gasteiger partial charge in [0.1, 0.15) is 11.5 Å². The summed E-state index contributed by atoms with van der Waals surface area (Å²) in [5.41, 5.74) is 2.91. The van der Waals surface area contributed by atoms with Crippen LogP contribution in [0.3, 0.4) is 0 Å². The first-order valence-electron chi connectivity index (χ1n) is 9.93. The average molecular weight is 553 g/mol. The molecule has 3 heterocycles. The number of halogens is 2. The van der Waals surface area contributed by atoms with Crippen LogP contribution in [0.5, 0.6) is 0 Å². The lowest BCUT2D eigenvalue weighted by atomic mass is 10.0. The van der Waals surface area contributed by atoms with Crippen LogP contribution in [0.1, 0.15) is 21.6 Å². The molecule has 10 heteroatoms. The number of morpholine rings is 1. The van der Waals surface area contributed by atoms with Crippen LogP contribution >= 0.6 is 22.6 Å². The molecule has 1 aromatic carbocycles. The van der Waals surface area contributed by atoms with E-state index in [-0.39, 0.29) is 17.2 Å². The van der Waals surface area contributed by atoms with Crippen molar-refractivity contribution in [2.24, 2.45) is 0 Å². The number of benzene rings is 1. The van der Waals surface area contributed by atoms with Gasteiger partial charge < -0.3 is 23.9 Å². The first-order valence-corrected chi connectivity index (χ1v) is 11.0. The van der Waals surface area contributed by atoms with Gasteiger partial charge in [-0.15, -0.1) is 0 Å². The van der Waals surface area contributed by atoms with Gasteiger partial charge in [0.25, 0.3) is 0 Å². The summed E-state index contributed by atoms with van der Waals surface area (Å²) in [6, 6.07) is 6.26. The fourth-order valence-corrected chi connectivity index (χ4v) is 4.72. The molecule has 2 aromatic heterocycles. The Balaban J connectivity index is 1.80. The highest BCUT2D eigenvalue weighted by molar-refractivity contribution is 14.1. The van der Waals surface area contributed by atoms with Crippen LogP contribution in [-0.4, -0.2) is 64.4 Å². The van der Waals surface area contributed by atoms with Crippen LogP contribution in [0.15, 0.2) is 30.5 Å². The van der Waals surface area contributed by atoms with Crippen LogP contribution in [-0.2, 0) is 15.9 Å². The number of carbonyl (C=O) groups excluding carboxylic acids is 1. The number of hydrogen-bond donors (Lipinski definition) is 1. The summed E-state index contributed by atoms with van der Waals surface area (Å²) in [6.45, 7) is 3.08. The van der Waals surface area contributed by atoms with E-state index in [0.29, 0.717) is 41.0 Å². The molecular weight excluding hydrogens is 532 g/mol. The van der Waals surface area contributed by atoms with Gasteiger partial charge >= 0.3 is 12.1 Å². The van der Waals surface area contributed by atoms with Gasteiger partial charge in [0.05, 0.1) is 48.9 Å². The second-order valence-electron chi connectivity index (χ2n) is 7.57. The molecule has 1 saturated heterocycles. The number of aryl methyl sites for hydroxylation is 1. The summed E-state index contributed by atoms with van der Waals surface area (Å²) in [6.07, 6.45) is 1.50. The van der Waals surface area contributed by atoms with Crippen molar-refractivity contribution in [2.45, 2.75) is 19.4 Å². The second kappa shape index (κ2) is 9.02. The Morgan fingerprint density at radius 2 is 2.16 bits per heavy atom. The number of aromatic carboxylic acids is 1. The zero-order valence-electron chi connectivity index (χ0n) is 17.5. The highest BCUT2D eigenvalue weighted by atomic mass is 127. The number of ether oxygens (including phenoxy) is 2. The van der Waals surface area contributed by atoms with Gasteiger partial charge in [-0.1, -0.05) is 0 Å². The van der Waals surface area contributed by atoms with Gasteiger partial charge in [-0.2, -0.15) is 0 Å². The van der Waals surface area contributed by atoms with Crippen molar-refractivity contribution in [1.82, 2.24) is 14.3 Å². The van der Waals surface area contributed by atoms with E-state index in [1.54, 1.807) is 4.90 Å². The van der Waals surface area contributed by atoms with E-state index >= 15 is 4.39 Å². The molecule has 8 nitrogen and oxygen atoms in total. The van der Waals surface area contributed by atoms with Crippen molar-refractivity contribution in [3.63, 3.8) is 0 Å². The summed E-state index contributed by atoms with van der Waals surface area (Å²) in [7, 11) is 1.34. The minimum Gasteiger partial charge on any atom is -0.478 e. The molecule has 32 heavy (non-hydrogen) atoms. The van der Waals surface area contributed by atoms with Crippen LogP contribution < -0.4 is 0 Å². The monoisotopic (exact) mass is 553 g/mol. The van der Waals surface area contributed by atoms with E-state index in [1.165, 1.54) is 13.2 Å². The van der Waals surface area contributed by atoms with Crippen molar-refractivity contribution < 1.29 is 28.6 Å². The number of carboxylic acid groups (broad SMARTS) is 1. The summed E-state index contributed by atoms with van der Waals surface area (Å²) in [5, 5.41) is 9.25. The Bertz CT molecular complexity index is 1190.